The van der Waals surface area contributed by atoms with E-state index in [0.29, 0.717) is 29.6 Å². The normalized spacial score (nSPS) is 14.8. The molecule has 0 fully saturated rings. The van der Waals surface area contributed by atoms with E-state index < -0.39 is 15.6 Å². The predicted octanol–water partition coefficient (Wildman–Crippen LogP) is 2.84. The molecule has 0 amide bonds. The Morgan fingerprint density at radius 3 is 2.64 bits per heavy atom. The van der Waals surface area contributed by atoms with Gasteiger partial charge in [-0.15, -0.1) is 11.0 Å². The number of hydrogen-bond acceptors (Lipinski definition) is 5. The van der Waals surface area contributed by atoms with Gasteiger partial charge in [0.15, 0.2) is 5.84 Å². The van der Waals surface area contributed by atoms with Crippen molar-refractivity contribution in [1.29, 1.82) is 0 Å². The van der Waals surface area contributed by atoms with E-state index in [0.717, 1.165) is 0 Å². The minimum Gasteiger partial charge on any atom is -0.506 e. The van der Waals surface area contributed by atoms with Crippen molar-refractivity contribution < 1.29 is 13.5 Å². The van der Waals surface area contributed by atoms with Gasteiger partial charge in [0.05, 0.1) is 11.2 Å². The van der Waals surface area contributed by atoms with Crippen molar-refractivity contribution in [3.05, 3.63) is 77.1 Å². The van der Waals surface area contributed by atoms with E-state index in [1.165, 1.54) is 10.6 Å². The predicted molar refractivity (Wildman–Crippen MR) is 108 cm³/mol. The molecule has 1 aliphatic heterocycles. The quantitative estimate of drug-likeness (QED) is 0.662. The second-order valence-corrected chi connectivity index (χ2v) is 7.88. The maximum absolute atomic E-state index is 13.2. The van der Waals surface area contributed by atoms with Gasteiger partial charge in [-0.2, -0.15) is 8.42 Å². The average Bonchev–Trinajstić information content (AvgIpc) is 2.68. The molecule has 0 atom stereocenters. The van der Waals surface area contributed by atoms with E-state index >= 15 is 0 Å². The summed E-state index contributed by atoms with van der Waals surface area (Å²) < 4.78 is 30.4. The van der Waals surface area contributed by atoms with Gasteiger partial charge in [-0.05, 0) is 30.7 Å². The number of nitrogens with one attached hydrogen (secondary N) is 1. The highest BCUT2D eigenvalue weighted by molar-refractivity contribution is 7.90. The lowest BCUT2D eigenvalue weighted by Crippen LogP contribution is -2.32. The molecule has 7 nitrogen and oxygen atoms in total. The minimum atomic E-state index is -4.01. The number of aromatic nitrogens is 1. The maximum atomic E-state index is 13.2. The monoisotopic (exact) mass is 395 g/mol. The third-order valence-corrected chi connectivity index (χ3v) is 5.90. The number of para-hydroxylation sites is 2. The smallest absolute Gasteiger partial charge is 0.286 e. The summed E-state index contributed by atoms with van der Waals surface area (Å²) in [6.45, 7) is 4.02. The zero-order valence-corrected chi connectivity index (χ0v) is 15.6. The van der Waals surface area contributed by atoms with Gasteiger partial charge in [0.1, 0.15) is 16.2 Å². The average molecular weight is 395 g/mol. The number of rotatable bonds is 4. The first-order chi connectivity index (χ1) is 13.4. The molecule has 0 spiro atoms. The highest BCUT2D eigenvalue weighted by Crippen LogP contribution is 2.32. The largest absolute Gasteiger partial charge is 0.506 e. The summed E-state index contributed by atoms with van der Waals surface area (Å²) in [4.78, 5) is 13.2. The summed E-state index contributed by atoms with van der Waals surface area (Å²) >= 11 is 0. The van der Waals surface area contributed by atoms with Gasteiger partial charge in [-0.1, -0.05) is 30.3 Å². The number of allylic oxidation sites excluding steroid dienone is 1. The van der Waals surface area contributed by atoms with E-state index in [9.17, 15) is 18.3 Å². The number of aromatic hydroxyl groups is 1. The maximum Gasteiger partial charge on any atom is 0.286 e. The van der Waals surface area contributed by atoms with Crippen LogP contribution < -0.4 is 10.9 Å². The fourth-order valence-electron chi connectivity index (χ4n) is 3.27. The summed E-state index contributed by atoms with van der Waals surface area (Å²) in [5.41, 5.74) is 0.145. The van der Waals surface area contributed by atoms with Crippen molar-refractivity contribution in [3.63, 3.8) is 0 Å². The molecule has 8 heteroatoms. The molecule has 2 N–H and O–H groups in total. The second-order valence-electron chi connectivity index (χ2n) is 6.31. The third-order valence-electron chi connectivity index (χ3n) is 4.57. The molecule has 1 aliphatic rings. The van der Waals surface area contributed by atoms with Crippen molar-refractivity contribution in [2.75, 3.05) is 5.32 Å². The molecule has 3 aromatic rings. The Balaban J connectivity index is 2.01. The van der Waals surface area contributed by atoms with E-state index in [1.54, 1.807) is 48.5 Å². The third kappa shape index (κ3) is 2.78. The van der Waals surface area contributed by atoms with Crippen molar-refractivity contribution in [2.24, 2.45) is 4.40 Å². The van der Waals surface area contributed by atoms with E-state index in [2.05, 4.69) is 16.3 Å². The lowest BCUT2D eigenvalue weighted by atomic mass is 10.1. The van der Waals surface area contributed by atoms with Crippen LogP contribution in [0.4, 0.5) is 5.69 Å². The van der Waals surface area contributed by atoms with Crippen LogP contribution >= 0.6 is 0 Å². The van der Waals surface area contributed by atoms with Crippen LogP contribution in [0.2, 0.25) is 0 Å². The molecule has 0 saturated carbocycles. The van der Waals surface area contributed by atoms with Crippen LogP contribution in [0, 0.1) is 0 Å². The van der Waals surface area contributed by atoms with E-state index in [1.807, 2.05) is 0 Å². The van der Waals surface area contributed by atoms with Gasteiger partial charge in [0.2, 0.25) is 0 Å². The molecule has 28 heavy (non-hydrogen) atoms. The van der Waals surface area contributed by atoms with Gasteiger partial charge in [0.25, 0.3) is 15.6 Å². The highest BCUT2D eigenvalue weighted by Gasteiger charge is 2.29. The van der Waals surface area contributed by atoms with Crippen molar-refractivity contribution in [3.8, 4) is 5.75 Å². The number of nitrogens with zero attached hydrogens (tertiary/aromatic N) is 2. The lowest BCUT2D eigenvalue weighted by molar-refractivity contribution is 0.477. The van der Waals surface area contributed by atoms with Gasteiger partial charge >= 0.3 is 0 Å². The fourth-order valence-corrected chi connectivity index (χ4v) is 4.39. The Bertz CT molecular complexity index is 1310. The standard InChI is InChI=1S/C20H17N3O4S/c1-2-3-12-23-15-10-6-4-8-13(15)18(24)17(20(23)25)19-21-14-9-5-7-11-16(14)28(26,27)22-19/h2,4-11,24H,1,3,12H2,(H,21,22). The zero-order valence-electron chi connectivity index (χ0n) is 14.8. The van der Waals surface area contributed by atoms with E-state index in [4.69, 9.17) is 0 Å². The van der Waals surface area contributed by atoms with Crippen LogP contribution in [0.25, 0.3) is 10.9 Å². The molecule has 0 bridgehead atoms. The molecule has 0 saturated heterocycles. The molecule has 0 unspecified atom stereocenters. The Hall–Kier alpha value is -3.39. The summed E-state index contributed by atoms with van der Waals surface area (Å²) in [5, 5.41) is 14.1. The molecule has 142 valence electrons. The first-order valence-electron chi connectivity index (χ1n) is 8.61. The number of benzene rings is 2. The number of pyridine rings is 1. The van der Waals surface area contributed by atoms with Crippen LogP contribution in [0.3, 0.4) is 0 Å². The van der Waals surface area contributed by atoms with Crippen molar-refractivity contribution in [1.82, 2.24) is 4.57 Å². The topological polar surface area (TPSA) is 101 Å². The number of anilines is 1. The van der Waals surface area contributed by atoms with Gasteiger partial charge < -0.3 is 15.0 Å². The summed E-state index contributed by atoms with van der Waals surface area (Å²) in [6, 6.07) is 13.2. The van der Waals surface area contributed by atoms with Crippen molar-refractivity contribution >= 4 is 32.4 Å². The molecular formula is C20H17N3O4S. The molecule has 2 heterocycles. The molecule has 2 aromatic carbocycles. The first-order valence-corrected chi connectivity index (χ1v) is 10.0. The number of hydrogen-bond donors (Lipinski definition) is 2. The fraction of sp³-hybridized carbons (Fsp3) is 0.100. The van der Waals surface area contributed by atoms with Crippen LogP contribution in [0.5, 0.6) is 5.75 Å². The minimum absolute atomic E-state index is 0.0195. The number of aryl methyl sites for hydroxylation is 1. The Kier molecular flexibility index (Phi) is 4.27. The van der Waals surface area contributed by atoms with E-state index in [-0.39, 0.29) is 22.0 Å². The number of fused-ring (bicyclic) bond motifs is 2. The van der Waals surface area contributed by atoms with Gasteiger partial charge in [-0.3, -0.25) is 4.79 Å². The Morgan fingerprint density at radius 1 is 1.14 bits per heavy atom. The molecule has 4 rings (SSSR count). The van der Waals surface area contributed by atoms with Crippen LogP contribution in [-0.2, 0) is 16.6 Å². The first kappa shape index (κ1) is 18.0. The molecular weight excluding hydrogens is 378 g/mol. The summed E-state index contributed by atoms with van der Waals surface area (Å²) in [5.74, 6) is -0.504. The zero-order chi connectivity index (χ0) is 19.9. The second kappa shape index (κ2) is 6.65. The van der Waals surface area contributed by atoms with Crippen molar-refractivity contribution in [2.45, 2.75) is 17.9 Å². The number of amidine groups is 1. The Morgan fingerprint density at radius 2 is 1.86 bits per heavy atom. The lowest BCUT2D eigenvalue weighted by Gasteiger charge is -2.20. The molecule has 0 aliphatic carbocycles. The number of sulfonamides is 1. The summed E-state index contributed by atoms with van der Waals surface area (Å²) in [6.07, 6.45) is 2.22. The van der Waals surface area contributed by atoms with Crippen LogP contribution in [-0.4, -0.2) is 23.9 Å². The Labute approximate surface area is 161 Å². The SMILES string of the molecule is C=CCCn1c(=O)c(C2=NS(=O)(=O)c3ccccc3N2)c(O)c2ccccc21. The van der Waals surface area contributed by atoms with Gasteiger partial charge in [0, 0.05) is 11.9 Å². The van der Waals surface area contributed by atoms with Crippen LogP contribution in [0.15, 0.2) is 75.3 Å². The summed E-state index contributed by atoms with van der Waals surface area (Å²) in [7, 11) is -4.01. The molecule has 1 aromatic heterocycles. The highest BCUT2D eigenvalue weighted by atomic mass is 32.2. The van der Waals surface area contributed by atoms with Gasteiger partial charge in [-0.25, -0.2) is 0 Å². The van der Waals surface area contributed by atoms with Crippen LogP contribution in [0.1, 0.15) is 12.0 Å². The molecule has 0 radical (unpaired) electrons.